The Morgan fingerprint density at radius 2 is 2.20 bits per heavy atom. The van der Waals surface area contributed by atoms with Crippen LogP contribution in [0.25, 0.3) is 0 Å². The van der Waals surface area contributed by atoms with Gasteiger partial charge in [-0.05, 0) is 0 Å². The normalized spacial score (nSPS) is 11.6. The van der Waals surface area contributed by atoms with E-state index in [9.17, 15) is 9.59 Å². The Hall–Kier alpha value is -0.851. The first kappa shape index (κ1) is 9.15. The fourth-order valence-corrected chi connectivity index (χ4v) is 1.14. The minimum absolute atomic E-state index is 0.450. The molecule has 54 valence electrons. The van der Waals surface area contributed by atoms with E-state index in [-0.39, 0.29) is 0 Å². The van der Waals surface area contributed by atoms with Crippen molar-refractivity contribution in [2.24, 2.45) is 0 Å². The standard InChI is InChI=1S/C5H5NO3Se/c1-3(7)4(5(8)9)10-2-6/h4H,1H3,(H,8,9). The molecule has 1 atom stereocenters. The molecular weight excluding hydrogens is 201 g/mol. The third kappa shape index (κ3) is 2.62. The zero-order valence-corrected chi connectivity index (χ0v) is 6.91. The fourth-order valence-electron chi connectivity index (χ4n) is 0.360. The second-order valence-corrected chi connectivity index (χ2v) is 3.40. The molecule has 5 heteroatoms. The molecule has 0 rings (SSSR count). The molecule has 0 aliphatic carbocycles. The van der Waals surface area contributed by atoms with Crippen LogP contribution in [0.2, 0.25) is 4.82 Å². The number of ketones is 1. The molecule has 0 aromatic heterocycles. The second kappa shape index (κ2) is 4.04. The summed E-state index contributed by atoms with van der Waals surface area (Å²) in [5.74, 6) is -1.65. The topological polar surface area (TPSA) is 78.2 Å². The van der Waals surface area contributed by atoms with E-state index in [0.717, 1.165) is 0 Å². The van der Waals surface area contributed by atoms with Gasteiger partial charge in [0.2, 0.25) is 0 Å². The first-order chi connectivity index (χ1) is 4.59. The predicted octanol–water partition coefficient (Wildman–Crippen LogP) is -0.366. The summed E-state index contributed by atoms with van der Waals surface area (Å²) < 4.78 is 0. The number of carboxylic acid groups (broad SMARTS) is 1. The Balaban J connectivity index is 4.15. The van der Waals surface area contributed by atoms with E-state index in [4.69, 9.17) is 10.4 Å². The van der Waals surface area contributed by atoms with Crippen molar-refractivity contribution in [1.29, 1.82) is 5.26 Å². The van der Waals surface area contributed by atoms with Crippen LogP contribution in [0.1, 0.15) is 6.92 Å². The van der Waals surface area contributed by atoms with E-state index in [1.54, 1.807) is 4.97 Å². The van der Waals surface area contributed by atoms with Crippen molar-refractivity contribution in [3.8, 4) is 4.97 Å². The molecular formula is C5H5NO3Se. The van der Waals surface area contributed by atoms with Gasteiger partial charge in [0.05, 0.1) is 0 Å². The zero-order valence-electron chi connectivity index (χ0n) is 5.20. The van der Waals surface area contributed by atoms with Gasteiger partial charge in [0.1, 0.15) is 0 Å². The molecule has 0 heterocycles. The number of carboxylic acids is 1. The Morgan fingerprint density at radius 1 is 1.70 bits per heavy atom. The van der Waals surface area contributed by atoms with E-state index < -0.39 is 31.5 Å². The van der Waals surface area contributed by atoms with Crippen LogP contribution in [0.15, 0.2) is 0 Å². The van der Waals surface area contributed by atoms with Gasteiger partial charge in [-0.2, -0.15) is 0 Å². The van der Waals surface area contributed by atoms with Crippen LogP contribution in [0.5, 0.6) is 0 Å². The molecule has 0 aliphatic heterocycles. The number of nitrogens with zero attached hydrogens (tertiary/aromatic N) is 1. The summed E-state index contributed by atoms with van der Waals surface area (Å²) in [5.41, 5.74) is 0. The van der Waals surface area contributed by atoms with Crippen molar-refractivity contribution >= 4 is 26.7 Å². The SMILES string of the molecule is CC(=O)C([Se]C#N)C(=O)O. The van der Waals surface area contributed by atoms with E-state index in [0.29, 0.717) is 0 Å². The summed E-state index contributed by atoms with van der Waals surface area (Å²) in [5, 5.41) is 16.4. The van der Waals surface area contributed by atoms with Gasteiger partial charge in [-0.25, -0.2) is 0 Å². The minimum atomic E-state index is -1.20. The number of hydrogen-bond donors (Lipinski definition) is 1. The maximum atomic E-state index is 10.5. The Kier molecular flexibility index (Phi) is 3.70. The average Bonchev–Trinajstić information content (AvgIpc) is 1.81. The quantitative estimate of drug-likeness (QED) is 0.504. The fraction of sp³-hybridized carbons (Fsp3) is 0.400. The summed E-state index contributed by atoms with van der Waals surface area (Å²) in [4.78, 5) is 21.2. The molecule has 4 nitrogen and oxygen atoms in total. The molecule has 0 aromatic rings. The summed E-state index contributed by atoms with van der Waals surface area (Å²) in [6, 6.07) is 0. The summed E-state index contributed by atoms with van der Waals surface area (Å²) in [6.07, 6.45) is 0. The van der Waals surface area contributed by atoms with Crippen molar-refractivity contribution in [3.63, 3.8) is 0 Å². The van der Waals surface area contributed by atoms with Gasteiger partial charge in [0.15, 0.2) is 0 Å². The van der Waals surface area contributed by atoms with Gasteiger partial charge in [-0.1, -0.05) is 0 Å². The van der Waals surface area contributed by atoms with Crippen LogP contribution in [0.3, 0.4) is 0 Å². The van der Waals surface area contributed by atoms with Crippen LogP contribution in [-0.2, 0) is 9.59 Å². The maximum absolute atomic E-state index is 10.5. The van der Waals surface area contributed by atoms with Crippen LogP contribution in [-0.4, -0.2) is 31.8 Å². The summed E-state index contributed by atoms with van der Waals surface area (Å²) >= 11 is -0.766. The monoisotopic (exact) mass is 207 g/mol. The Bertz CT molecular complexity index is 182. The van der Waals surface area contributed by atoms with Gasteiger partial charge >= 0.3 is 63.4 Å². The molecule has 0 fully saturated rings. The third-order valence-corrected chi connectivity index (χ3v) is 2.60. The number of rotatable bonds is 3. The van der Waals surface area contributed by atoms with Crippen molar-refractivity contribution in [3.05, 3.63) is 0 Å². The molecule has 0 bridgehead atoms. The van der Waals surface area contributed by atoms with E-state index >= 15 is 0 Å². The average molecular weight is 206 g/mol. The van der Waals surface area contributed by atoms with Gasteiger partial charge < -0.3 is 0 Å². The molecule has 1 unspecified atom stereocenters. The number of nitriles is 1. The third-order valence-electron chi connectivity index (χ3n) is 0.764. The molecule has 0 spiro atoms. The van der Waals surface area contributed by atoms with E-state index in [1.165, 1.54) is 6.92 Å². The molecule has 0 saturated carbocycles. The Morgan fingerprint density at radius 3 is 2.30 bits per heavy atom. The molecule has 0 radical (unpaired) electrons. The predicted molar refractivity (Wildman–Crippen MR) is 33.4 cm³/mol. The number of carbonyl (C=O) groups is 2. The van der Waals surface area contributed by atoms with Crippen LogP contribution in [0, 0.1) is 10.2 Å². The van der Waals surface area contributed by atoms with Crippen LogP contribution in [0.4, 0.5) is 0 Å². The second-order valence-electron chi connectivity index (χ2n) is 1.54. The molecule has 0 aromatic carbocycles. The van der Waals surface area contributed by atoms with Crippen LogP contribution < -0.4 is 0 Å². The molecule has 10 heavy (non-hydrogen) atoms. The van der Waals surface area contributed by atoms with E-state index in [1.807, 2.05) is 0 Å². The van der Waals surface area contributed by atoms with E-state index in [2.05, 4.69) is 0 Å². The van der Waals surface area contributed by atoms with Gasteiger partial charge in [-0.15, -0.1) is 0 Å². The summed E-state index contributed by atoms with van der Waals surface area (Å²) in [6.45, 7) is 1.18. The van der Waals surface area contributed by atoms with Crippen molar-refractivity contribution in [2.45, 2.75) is 11.7 Å². The number of Topliss-reactive ketones (excluding diaryl/α,β-unsaturated/α-hetero) is 1. The number of carbonyl (C=O) groups excluding carboxylic acids is 1. The number of hydrogen-bond acceptors (Lipinski definition) is 3. The molecule has 1 N–H and O–H groups in total. The Labute approximate surface area is 64.0 Å². The summed E-state index contributed by atoms with van der Waals surface area (Å²) in [7, 11) is 0. The molecule has 0 aliphatic rings. The van der Waals surface area contributed by atoms with Gasteiger partial charge in [0.25, 0.3) is 0 Å². The molecule has 0 amide bonds. The van der Waals surface area contributed by atoms with Crippen molar-refractivity contribution in [1.82, 2.24) is 0 Å². The van der Waals surface area contributed by atoms with Crippen LogP contribution >= 0.6 is 0 Å². The first-order valence-corrected chi connectivity index (χ1v) is 4.22. The van der Waals surface area contributed by atoms with Crippen molar-refractivity contribution < 1.29 is 14.7 Å². The van der Waals surface area contributed by atoms with Gasteiger partial charge in [-0.3, -0.25) is 0 Å². The van der Waals surface area contributed by atoms with Crippen molar-refractivity contribution in [2.75, 3.05) is 0 Å². The number of aliphatic carboxylic acids is 1. The van der Waals surface area contributed by atoms with Gasteiger partial charge in [0, 0.05) is 0 Å². The molecule has 0 saturated heterocycles. The zero-order chi connectivity index (χ0) is 8.15. The first-order valence-electron chi connectivity index (χ1n) is 2.37.